The van der Waals surface area contributed by atoms with Gasteiger partial charge < -0.3 is 10.2 Å². The van der Waals surface area contributed by atoms with Crippen molar-refractivity contribution in [1.29, 1.82) is 0 Å². The molecule has 150 valence electrons. The summed E-state index contributed by atoms with van der Waals surface area (Å²) in [7, 11) is 1.99. The van der Waals surface area contributed by atoms with Crippen LogP contribution in [0.25, 0.3) is 5.57 Å². The van der Waals surface area contributed by atoms with Gasteiger partial charge in [0, 0.05) is 29.3 Å². The standard InChI is InChI=1S/C25H33ClN2/c1-18(2)28(25-15-14-24(26)16-23(25)17-27-4)19(3)20-10-12-22(13-11-20)21-8-6-5-7-9-21/h5-9,12,14-16,18-20,27H,10-11,13,17H2,1-4H3. The zero-order valence-corrected chi connectivity index (χ0v) is 18.3. The van der Waals surface area contributed by atoms with E-state index in [0.29, 0.717) is 18.0 Å². The van der Waals surface area contributed by atoms with Crippen molar-refractivity contribution in [2.75, 3.05) is 11.9 Å². The van der Waals surface area contributed by atoms with E-state index in [2.05, 4.69) is 79.5 Å². The number of nitrogens with zero attached hydrogens (tertiary/aromatic N) is 1. The smallest absolute Gasteiger partial charge is 0.0417 e. The molecule has 3 heteroatoms. The van der Waals surface area contributed by atoms with E-state index in [4.69, 9.17) is 11.6 Å². The Morgan fingerprint density at radius 1 is 1.11 bits per heavy atom. The highest BCUT2D eigenvalue weighted by molar-refractivity contribution is 6.30. The molecule has 0 saturated heterocycles. The Morgan fingerprint density at radius 3 is 2.46 bits per heavy atom. The molecule has 0 bridgehead atoms. The van der Waals surface area contributed by atoms with E-state index in [1.165, 1.54) is 28.8 Å². The van der Waals surface area contributed by atoms with Crippen molar-refractivity contribution in [3.05, 3.63) is 70.8 Å². The molecular formula is C25H33ClN2. The molecular weight excluding hydrogens is 364 g/mol. The van der Waals surface area contributed by atoms with Gasteiger partial charge in [0.25, 0.3) is 0 Å². The lowest BCUT2D eigenvalue weighted by atomic mass is 9.82. The first-order valence-corrected chi connectivity index (χ1v) is 10.8. The summed E-state index contributed by atoms with van der Waals surface area (Å²) in [6.45, 7) is 7.81. The molecule has 1 aliphatic carbocycles. The molecule has 3 rings (SSSR count). The zero-order valence-electron chi connectivity index (χ0n) is 17.6. The number of hydrogen-bond acceptors (Lipinski definition) is 2. The van der Waals surface area contributed by atoms with Crippen LogP contribution in [0.4, 0.5) is 5.69 Å². The minimum Gasteiger partial charge on any atom is -0.366 e. The van der Waals surface area contributed by atoms with Gasteiger partial charge in [-0.3, -0.25) is 0 Å². The number of hydrogen-bond donors (Lipinski definition) is 1. The largest absolute Gasteiger partial charge is 0.366 e. The maximum absolute atomic E-state index is 6.29. The first-order valence-electron chi connectivity index (χ1n) is 10.5. The number of anilines is 1. The van der Waals surface area contributed by atoms with Gasteiger partial charge in [-0.05, 0) is 87.9 Å². The van der Waals surface area contributed by atoms with Crippen LogP contribution in [0.3, 0.4) is 0 Å². The molecule has 2 atom stereocenters. The van der Waals surface area contributed by atoms with E-state index in [0.717, 1.165) is 24.4 Å². The molecule has 0 heterocycles. The molecule has 2 aromatic carbocycles. The molecule has 0 radical (unpaired) electrons. The second kappa shape index (κ2) is 9.62. The number of nitrogens with one attached hydrogen (secondary N) is 1. The van der Waals surface area contributed by atoms with Gasteiger partial charge in [-0.2, -0.15) is 0 Å². The van der Waals surface area contributed by atoms with Gasteiger partial charge in [0.15, 0.2) is 0 Å². The molecule has 2 aromatic rings. The summed E-state index contributed by atoms with van der Waals surface area (Å²) in [6, 6.07) is 18.0. The highest BCUT2D eigenvalue weighted by Gasteiger charge is 2.28. The van der Waals surface area contributed by atoms with Crippen molar-refractivity contribution in [3.8, 4) is 0 Å². The second-order valence-electron chi connectivity index (χ2n) is 8.17. The summed E-state index contributed by atoms with van der Waals surface area (Å²) in [5.41, 5.74) is 5.46. The molecule has 0 spiro atoms. The molecule has 28 heavy (non-hydrogen) atoms. The quantitative estimate of drug-likeness (QED) is 0.571. The first-order chi connectivity index (χ1) is 13.5. The maximum Gasteiger partial charge on any atom is 0.0417 e. The Hall–Kier alpha value is -1.77. The third-order valence-corrected chi connectivity index (χ3v) is 6.20. The van der Waals surface area contributed by atoms with Gasteiger partial charge in [0.1, 0.15) is 0 Å². The summed E-state index contributed by atoms with van der Waals surface area (Å²) in [5.74, 6) is 0.660. The van der Waals surface area contributed by atoms with Crippen LogP contribution in [0.2, 0.25) is 5.02 Å². The van der Waals surface area contributed by atoms with Gasteiger partial charge in [0.2, 0.25) is 0 Å². The highest BCUT2D eigenvalue weighted by atomic mass is 35.5. The van der Waals surface area contributed by atoms with Gasteiger partial charge in [-0.15, -0.1) is 0 Å². The maximum atomic E-state index is 6.29. The topological polar surface area (TPSA) is 15.3 Å². The molecule has 1 aliphatic rings. The summed E-state index contributed by atoms with van der Waals surface area (Å²) in [4.78, 5) is 2.59. The molecule has 0 fully saturated rings. The van der Waals surface area contributed by atoms with Crippen LogP contribution in [0, 0.1) is 5.92 Å². The van der Waals surface area contributed by atoms with E-state index < -0.39 is 0 Å². The van der Waals surface area contributed by atoms with Crippen molar-refractivity contribution in [1.82, 2.24) is 5.32 Å². The van der Waals surface area contributed by atoms with Crippen molar-refractivity contribution in [2.45, 2.75) is 58.7 Å². The number of allylic oxidation sites excluding steroid dienone is 2. The van der Waals surface area contributed by atoms with Gasteiger partial charge in [-0.25, -0.2) is 0 Å². The van der Waals surface area contributed by atoms with E-state index in [9.17, 15) is 0 Å². The van der Waals surface area contributed by atoms with Crippen LogP contribution in [0.1, 0.15) is 51.2 Å². The average molecular weight is 397 g/mol. The third-order valence-electron chi connectivity index (χ3n) is 5.96. The highest BCUT2D eigenvalue weighted by Crippen LogP contribution is 2.36. The lowest BCUT2D eigenvalue weighted by Gasteiger charge is -2.41. The van der Waals surface area contributed by atoms with E-state index in [-0.39, 0.29) is 0 Å². The van der Waals surface area contributed by atoms with Crippen LogP contribution in [-0.4, -0.2) is 19.1 Å². The molecule has 0 aromatic heterocycles. The minimum atomic E-state index is 0.436. The lowest BCUT2D eigenvalue weighted by Crippen LogP contribution is -2.44. The van der Waals surface area contributed by atoms with Crippen LogP contribution >= 0.6 is 11.6 Å². The van der Waals surface area contributed by atoms with Crippen molar-refractivity contribution < 1.29 is 0 Å². The molecule has 1 N–H and O–H groups in total. The summed E-state index contributed by atoms with van der Waals surface area (Å²) in [6.07, 6.45) is 6.01. The van der Waals surface area contributed by atoms with Crippen LogP contribution in [0.15, 0.2) is 54.6 Å². The summed E-state index contributed by atoms with van der Waals surface area (Å²) < 4.78 is 0. The van der Waals surface area contributed by atoms with Gasteiger partial charge in [0.05, 0.1) is 0 Å². The monoisotopic (exact) mass is 396 g/mol. The minimum absolute atomic E-state index is 0.436. The predicted molar refractivity (Wildman–Crippen MR) is 123 cm³/mol. The second-order valence-corrected chi connectivity index (χ2v) is 8.61. The van der Waals surface area contributed by atoms with Gasteiger partial charge in [-0.1, -0.05) is 48.0 Å². The predicted octanol–water partition coefficient (Wildman–Crippen LogP) is 6.55. The summed E-state index contributed by atoms with van der Waals surface area (Å²) in [5, 5.41) is 4.10. The average Bonchev–Trinajstić information content (AvgIpc) is 2.70. The molecule has 2 nitrogen and oxygen atoms in total. The Labute approximate surface area is 175 Å². The number of benzene rings is 2. The van der Waals surface area contributed by atoms with E-state index >= 15 is 0 Å². The number of halogens is 1. The zero-order chi connectivity index (χ0) is 20.1. The molecule has 0 amide bonds. The fraction of sp³-hybridized carbons (Fsp3) is 0.440. The summed E-state index contributed by atoms with van der Waals surface area (Å²) >= 11 is 6.29. The number of rotatable bonds is 7. The van der Waals surface area contributed by atoms with Crippen LogP contribution < -0.4 is 10.2 Å². The van der Waals surface area contributed by atoms with E-state index in [1.54, 1.807) is 0 Å². The Kier molecular flexibility index (Phi) is 7.20. The fourth-order valence-electron chi connectivity index (χ4n) is 4.54. The van der Waals surface area contributed by atoms with Crippen LogP contribution in [-0.2, 0) is 6.54 Å². The molecule has 0 aliphatic heterocycles. The Morgan fingerprint density at radius 2 is 1.86 bits per heavy atom. The van der Waals surface area contributed by atoms with Gasteiger partial charge >= 0.3 is 0 Å². The van der Waals surface area contributed by atoms with Crippen molar-refractivity contribution >= 4 is 22.9 Å². The fourth-order valence-corrected chi connectivity index (χ4v) is 4.73. The normalized spacial score (nSPS) is 18.1. The molecule has 2 unspecified atom stereocenters. The van der Waals surface area contributed by atoms with E-state index in [1.807, 2.05) is 13.1 Å². The van der Waals surface area contributed by atoms with Crippen molar-refractivity contribution in [3.63, 3.8) is 0 Å². The third kappa shape index (κ3) is 4.79. The Bertz CT molecular complexity index is 797. The first kappa shape index (κ1) is 21.0. The van der Waals surface area contributed by atoms with Crippen molar-refractivity contribution in [2.24, 2.45) is 5.92 Å². The van der Waals surface area contributed by atoms with Crippen LogP contribution in [0.5, 0.6) is 0 Å². The molecule has 0 saturated carbocycles. The Balaban J connectivity index is 1.81. The lowest BCUT2D eigenvalue weighted by molar-refractivity contribution is 0.375. The SMILES string of the molecule is CNCc1cc(Cl)ccc1N(C(C)C)C(C)C1CC=C(c2ccccc2)CC1.